The van der Waals surface area contributed by atoms with E-state index >= 15 is 0 Å². The summed E-state index contributed by atoms with van der Waals surface area (Å²) in [4.78, 5) is 23.4. The molecule has 2 rings (SSSR count). The maximum absolute atomic E-state index is 13.4. The fourth-order valence-corrected chi connectivity index (χ4v) is 1.89. The molecule has 1 N–H and O–H groups in total. The molecule has 2 aromatic carbocycles. The standard InChI is InChI=1S/C16H12ClF2NO3/c1-9-2-4-11(7-14(9)19)20-15(21)8-23-16(22)10-3-5-13(18)12(17)6-10/h2-7H,8H2,1H3,(H,20,21). The number of halogens is 3. The number of amides is 1. The van der Waals surface area contributed by atoms with E-state index in [0.29, 0.717) is 5.56 Å². The molecule has 0 aliphatic heterocycles. The van der Waals surface area contributed by atoms with Gasteiger partial charge in [-0.25, -0.2) is 13.6 Å². The summed E-state index contributed by atoms with van der Waals surface area (Å²) in [5, 5.41) is 2.17. The largest absolute Gasteiger partial charge is 0.452 e. The average Bonchev–Trinajstić information content (AvgIpc) is 2.51. The maximum atomic E-state index is 13.4. The summed E-state index contributed by atoms with van der Waals surface area (Å²) in [5.41, 5.74) is 0.715. The highest BCUT2D eigenvalue weighted by atomic mass is 35.5. The van der Waals surface area contributed by atoms with Gasteiger partial charge in [0.15, 0.2) is 6.61 Å². The lowest BCUT2D eigenvalue weighted by Gasteiger charge is -2.08. The molecule has 23 heavy (non-hydrogen) atoms. The highest BCUT2D eigenvalue weighted by molar-refractivity contribution is 6.31. The minimum absolute atomic E-state index is 0.0191. The van der Waals surface area contributed by atoms with Crippen LogP contribution in [-0.2, 0) is 9.53 Å². The minimum Gasteiger partial charge on any atom is -0.452 e. The predicted molar refractivity (Wildman–Crippen MR) is 81.5 cm³/mol. The van der Waals surface area contributed by atoms with Crippen molar-refractivity contribution in [1.82, 2.24) is 0 Å². The summed E-state index contributed by atoms with van der Waals surface area (Å²) in [6, 6.07) is 7.52. The topological polar surface area (TPSA) is 55.4 Å². The fourth-order valence-electron chi connectivity index (χ4n) is 1.71. The van der Waals surface area contributed by atoms with Crippen LogP contribution < -0.4 is 5.32 Å². The summed E-state index contributed by atoms with van der Waals surface area (Å²) in [7, 11) is 0. The van der Waals surface area contributed by atoms with Crippen molar-refractivity contribution < 1.29 is 23.1 Å². The van der Waals surface area contributed by atoms with Gasteiger partial charge in [-0.1, -0.05) is 17.7 Å². The molecule has 120 valence electrons. The lowest BCUT2D eigenvalue weighted by atomic mass is 10.2. The molecular formula is C16H12ClF2NO3. The number of carbonyl (C=O) groups is 2. The Kier molecular flexibility index (Phi) is 5.28. The van der Waals surface area contributed by atoms with E-state index in [-0.39, 0.29) is 16.3 Å². The number of aryl methyl sites for hydroxylation is 1. The third-order valence-corrected chi connectivity index (χ3v) is 3.23. The average molecular weight is 340 g/mol. The van der Waals surface area contributed by atoms with Crippen molar-refractivity contribution >= 4 is 29.2 Å². The van der Waals surface area contributed by atoms with Crippen molar-refractivity contribution in [2.24, 2.45) is 0 Å². The maximum Gasteiger partial charge on any atom is 0.338 e. The third kappa shape index (κ3) is 4.50. The van der Waals surface area contributed by atoms with Gasteiger partial charge in [0.1, 0.15) is 11.6 Å². The van der Waals surface area contributed by atoms with Crippen LogP contribution in [-0.4, -0.2) is 18.5 Å². The van der Waals surface area contributed by atoms with Crippen LogP contribution in [0, 0.1) is 18.6 Å². The molecule has 0 aliphatic rings. The van der Waals surface area contributed by atoms with E-state index in [2.05, 4.69) is 5.32 Å². The quantitative estimate of drug-likeness (QED) is 0.864. The number of rotatable bonds is 4. The lowest BCUT2D eigenvalue weighted by Crippen LogP contribution is -2.21. The number of nitrogens with one attached hydrogen (secondary N) is 1. The number of esters is 1. The van der Waals surface area contributed by atoms with E-state index < -0.39 is 30.1 Å². The molecule has 0 aromatic heterocycles. The summed E-state index contributed by atoms with van der Waals surface area (Å²) in [6.07, 6.45) is 0. The molecule has 0 saturated heterocycles. The Morgan fingerprint density at radius 1 is 1.13 bits per heavy atom. The molecule has 7 heteroatoms. The van der Waals surface area contributed by atoms with Crippen LogP contribution >= 0.6 is 11.6 Å². The molecule has 0 unspecified atom stereocenters. The zero-order chi connectivity index (χ0) is 17.0. The molecule has 2 aromatic rings. The smallest absolute Gasteiger partial charge is 0.338 e. The van der Waals surface area contributed by atoms with Gasteiger partial charge in [0.2, 0.25) is 0 Å². The molecule has 0 saturated carbocycles. The van der Waals surface area contributed by atoms with E-state index in [1.165, 1.54) is 18.2 Å². The zero-order valence-electron chi connectivity index (χ0n) is 12.0. The predicted octanol–water partition coefficient (Wildman–Crippen LogP) is 3.72. The molecule has 0 fully saturated rings. The zero-order valence-corrected chi connectivity index (χ0v) is 12.8. The van der Waals surface area contributed by atoms with Crippen LogP contribution in [0.4, 0.5) is 14.5 Å². The summed E-state index contributed by atoms with van der Waals surface area (Å²) >= 11 is 5.56. The van der Waals surface area contributed by atoms with Crippen LogP contribution in [0.15, 0.2) is 36.4 Å². The van der Waals surface area contributed by atoms with Gasteiger partial charge < -0.3 is 10.1 Å². The van der Waals surface area contributed by atoms with Crippen molar-refractivity contribution in [3.8, 4) is 0 Å². The van der Waals surface area contributed by atoms with E-state index in [0.717, 1.165) is 18.2 Å². The second-order valence-corrected chi connectivity index (χ2v) is 5.12. The van der Waals surface area contributed by atoms with Gasteiger partial charge >= 0.3 is 5.97 Å². The van der Waals surface area contributed by atoms with E-state index in [1.807, 2.05) is 0 Å². The van der Waals surface area contributed by atoms with Gasteiger partial charge in [0.05, 0.1) is 10.6 Å². The van der Waals surface area contributed by atoms with Gasteiger partial charge in [-0.05, 0) is 42.8 Å². The lowest BCUT2D eigenvalue weighted by molar-refractivity contribution is -0.119. The first kappa shape index (κ1) is 16.9. The van der Waals surface area contributed by atoms with Gasteiger partial charge in [0.25, 0.3) is 5.91 Å². The van der Waals surface area contributed by atoms with Gasteiger partial charge in [-0.2, -0.15) is 0 Å². The Morgan fingerprint density at radius 3 is 2.52 bits per heavy atom. The van der Waals surface area contributed by atoms with E-state index in [9.17, 15) is 18.4 Å². The number of ether oxygens (including phenoxy) is 1. The Morgan fingerprint density at radius 2 is 1.87 bits per heavy atom. The second kappa shape index (κ2) is 7.19. The molecule has 0 bridgehead atoms. The minimum atomic E-state index is -0.822. The molecular weight excluding hydrogens is 328 g/mol. The normalized spacial score (nSPS) is 10.3. The molecule has 4 nitrogen and oxygen atoms in total. The second-order valence-electron chi connectivity index (χ2n) is 4.72. The van der Waals surface area contributed by atoms with Crippen molar-refractivity contribution in [2.75, 3.05) is 11.9 Å². The van der Waals surface area contributed by atoms with Crippen LogP contribution in [0.25, 0.3) is 0 Å². The summed E-state index contributed by atoms with van der Waals surface area (Å²) in [5.74, 6) is -2.57. The Bertz CT molecular complexity index is 765. The number of hydrogen-bond donors (Lipinski definition) is 1. The molecule has 0 atom stereocenters. The first-order valence-corrected chi connectivity index (χ1v) is 6.93. The monoisotopic (exact) mass is 339 g/mol. The molecule has 0 heterocycles. The number of carbonyl (C=O) groups excluding carboxylic acids is 2. The van der Waals surface area contributed by atoms with Gasteiger partial charge in [0, 0.05) is 5.69 Å². The number of hydrogen-bond acceptors (Lipinski definition) is 3. The number of anilines is 1. The summed E-state index contributed by atoms with van der Waals surface area (Å²) < 4.78 is 31.1. The van der Waals surface area contributed by atoms with Crippen LogP contribution in [0.3, 0.4) is 0 Å². The van der Waals surface area contributed by atoms with Crippen LogP contribution in [0.5, 0.6) is 0 Å². The first-order chi connectivity index (χ1) is 10.9. The molecule has 0 aliphatic carbocycles. The molecule has 0 radical (unpaired) electrons. The Hall–Kier alpha value is -2.47. The van der Waals surface area contributed by atoms with Gasteiger partial charge in [-0.15, -0.1) is 0 Å². The Labute approximate surface area is 136 Å². The van der Waals surface area contributed by atoms with Crippen molar-refractivity contribution in [2.45, 2.75) is 6.92 Å². The van der Waals surface area contributed by atoms with E-state index in [4.69, 9.17) is 16.3 Å². The summed E-state index contributed by atoms with van der Waals surface area (Å²) in [6.45, 7) is 1.03. The van der Waals surface area contributed by atoms with E-state index in [1.54, 1.807) is 6.92 Å². The van der Waals surface area contributed by atoms with Crippen molar-refractivity contribution in [3.63, 3.8) is 0 Å². The number of benzene rings is 2. The van der Waals surface area contributed by atoms with Crippen molar-refractivity contribution in [3.05, 3.63) is 64.2 Å². The Balaban J connectivity index is 1.91. The van der Waals surface area contributed by atoms with Crippen LogP contribution in [0.2, 0.25) is 5.02 Å². The van der Waals surface area contributed by atoms with Crippen LogP contribution in [0.1, 0.15) is 15.9 Å². The fraction of sp³-hybridized carbons (Fsp3) is 0.125. The first-order valence-electron chi connectivity index (χ1n) is 6.55. The SMILES string of the molecule is Cc1ccc(NC(=O)COC(=O)c2ccc(F)c(Cl)c2)cc1F. The highest BCUT2D eigenvalue weighted by Gasteiger charge is 2.12. The van der Waals surface area contributed by atoms with Gasteiger partial charge in [-0.3, -0.25) is 4.79 Å². The highest BCUT2D eigenvalue weighted by Crippen LogP contribution is 2.17. The van der Waals surface area contributed by atoms with Crippen molar-refractivity contribution in [1.29, 1.82) is 0 Å². The molecule has 1 amide bonds. The third-order valence-electron chi connectivity index (χ3n) is 2.95. The molecule has 0 spiro atoms.